The zero-order chi connectivity index (χ0) is 14.7. The van der Waals surface area contributed by atoms with Gasteiger partial charge in [0.05, 0.1) is 11.7 Å². The van der Waals surface area contributed by atoms with Gasteiger partial charge in [-0.25, -0.2) is 8.78 Å². The molecule has 0 saturated carbocycles. The van der Waals surface area contributed by atoms with Crippen LogP contribution in [-0.2, 0) is 0 Å². The molecule has 0 aromatic heterocycles. The van der Waals surface area contributed by atoms with Crippen LogP contribution >= 0.6 is 0 Å². The van der Waals surface area contributed by atoms with Gasteiger partial charge in [0.25, 0.3) is 0 Å². The van der Waals surface area contributed by atoms with Crippen LogP contribution < -0.4 is 4.74 Å². The van der Waals surface area contributed by atoms with Gasteiger partial charge in [0, 0.05) is 0 Å². The van der Waals surface area contributed by atoms with Crippen LogP contribution in [0.4, 0.5) is 8.78 Å². The number of nitrogens with zero attached hydrogens (tertiary/aromatic N) is 1. The molecule has 0 amide bonds. The van der Waals surface area contributed by atoms with Crippen molar-refractivity contribution in [2.24, 2.45) is 0 Å². The number of aliphatic hydroxyl groups excluding tert-OH is 1. The summed E-state index contributed by atoms with van der Waals surface area (Å²) in [6.07, 6.45) is -1.09. The van der Waals surface area contributed by atoms with Crippen LogP contribution in [0.2, 0.25) is 0 Å². The van der Waals surface area contributed by atoms with E-state index in [1.807, 2.05) is 0 Å². The van der Waals surface area contributed by atoms with E-state index in [1.165, 1.54) is 37.3 Å². The van der Waals surface area contributed by atoms with Crippen LogP contribution in [-0.4, -0.2) is 5.11 Å². The first-order valence-electron chi connectivity index (χ1n) is 5.87. The largest absolute Gasteiger partial charge is 0.455 e. The number of nitriles is 1. The smallest absolute Gasteiger partial charge is 0.148 e. The van der Waals surface area contributed by atoms with Crippen LogP contribution in [0.1, 0.15) is 24.2 Å². The van der Waals surface area contributed by atoms with Gasteiger partial charge in [0.1, 0.15) is 34.8 Å². The van der Waals surface area contributed by atoms with E-state index in [1.54, 1.807) is 6.07 Å². The summed E-state index contributed by atoms with van der Waals surface area (Å²) in [4.78, 5) is 0. The van der Waals surface area contributed by atoms with Crippen LogP contribution in [0.25, 0.3) is 0 Å². The Morgan fingerprint density at radius 2 is 1.70 bits per heavy atom. The van der Waals surface area contributed by atoms with Crippen molar-refractivity contribution in [3.05, 3.63) is 59.2 Å². The van der Waals surface area contributed by atoms with E-state index in [-0.39, 0.29) is 22.6 Å². The van der Waals surface area contributed by atoms with Crippen molar-refractivity contribution in [1.29, 1.82) is 5.26 Å². The van der Waals surface area contributed by atoms with E-state index in [0.717, 1.165) is 6.07 Å². The Morgan fingerprint density at radius 1 is 1.10 bits per heavy atom. The summed E-state index contributed by atoms with van der Waals surface area (Å²) in [5.74, 6) is -1.34. The number of benzene rings is 2. The maximum absolute atomic E-state index is 13.7. The second-order valence-electron chi connectivity index (χ2n) is 4.15. The van der Waals surface area contributed by atoms with Gasteiger partial charge in [-0.1, -0.05) is 12.1 Å². The molecule has 0 saturated heterocycles. The highest BCUT2D eigenvalue weighted by molar-refractivity contribution is 5.48. The molecule has 0 heterocycles. The third-order valence-corrected chi connectivity index (χ3v) is 2.74. The number of ether oxygens (including phenoxy) is 1. The lowest BCUT2D eigenvalue weighted by Crippen LogP contribution is -2.01. The molecule has 0 spiro atoms. The number of rotatable bonds is 3. The molecule has 0 bridgehead atoms. The van der Waals surface area contributed by atoms with Crippen molar-refractivity contribution in [2.45, 2.75) is 13.0 Å². The average molecular weight is 275 g/mol. The van der Waals surface area contributed by atoms with Crippen molar-refractivity contribution in [2.75, 3.05) is 0 Å². The number of halogens is 2. The molecule has 0 radical (unpaired) electrons. The minimum atomic E-state index is -1.09. The van der Waals surface area contributed by atoms with Crippen molar-refractivity contribution in [3.8, 4) is 17.6 Å². The standard InChI is InChI=1S/C15H11F2NO2/c1-9(19)15-12(17)5-3-7-14(15)20-13-6-2-4-11(16)10(13)8-18/h2-7,9,19H,1H3/t9-/m0/s1. The maximum Gasteiger partial charge on any atom is 0.148 e. The molecule has 20 heavy (non-hydrogen) atoms. The van der Waals surface area contributed by atoms with Gasteiger partial charge in [-0.15, -0.1) is 0 Å². The molecular weight excluding hydrogens is 264 g/mol. The predicted octanol–water partition coefficient (Wildman–Crippen LogP) is 3.68. The van der Waals surface area contributed by atoms with Crippen LogP contribution in [0.15, 0.2) is 36.4 Å². The zero-order valence-electron chi connectivity index (χ0n) is 10.6. The van der Waals surface area contributed by atoms with Gasteiger partial charge in [0.15, 0.2) is 0 Å². The van der Waals surface area contributed by atoms with Crippen molar-refractivity contribution in [1.82, 2.24) is 0 Å². The average Bonchev–Trinajstić information content (AvgIpc) is 2.38. The van der Waals surface area contributed by atoms with Gasteiger partial charge in [-0.05, 0) is 31.2 Å². The Balaban J connectivity index is 2.49. The summed E-state index contributed by atoms with van der Waals surface area (Å²) in [6.45, 7) is 1.39. The van der Waals surface area contributed by atoms with E-state index in [0.29, 0.717) is 0 Å². The van der Waals surface area contributed by atoms with E-state index in [9.17, 15) is 13.9 Å². The summed E-state index contributed by atoms with van der Waals surface area (Å²) in [5, 5.41) is 18.5. The third kappa shape index (κ3) is 2.60. The molecule has 0 fully saturated rings. The lowest BCUT2D eigenvalue weighted by atomic mass is 10.1. The summed E-state index contributed by atoms with van der Waals surface area (Å²) in [5.41, 5.74) is -0.311. The Bertz CT molecular complexity index is 678. The fourth-order valence-corrected chi connectivity index (χ4v) is 1.83. The summed E-state index contributed by atoms with van der Waals surface area (Å²) >= 11 is 0. The second-order valence-corrected chi connectivity index (χ2v) is 4.15. The number of aliphatic hydroxyl groups is 1. The highest BCUT2D eigenvalue weighted by Crippen LogP contribution is 2.33. The lowest BCUT2D eigenvalue weighted by molar-refractivity contribution is 0.190. The van der Waals surface area contributed by atoms with Gasteiger partial charge >= 0.3 is 0 Å². The third-order valence-electron chi connectivity index (χ3n) is 2.74. The molecule has 3 nitrogen and oxygen atoms in total. The second kappa shape index (κ2) is 5.68. The Hall–Kier alpha value is -2.45. The van der Waals surface area contributed by atoms with Crippen LogP contribution in [0.5, 0.6) is 11.5 Å². The molecule has 0 aliphatic carbocycles. The molecule has 0 aliphatic heterocycles. The van der Waals surface area contributed by atoms with Gasteiger partial charge < -0.3 is 9.84 Å². The Morgan fingerprint density at radius 3 is 2.30 bits per heavy atom. The van der Waals surface area contributed by atoms with Crippen molar-refractivity contribution < 1.29 is 18.6 Å². The first kappa shape index (κ1) is 14.0. The Kier molecular flexibility index (Phi) is 3.97. The lowest BCUT2D eigenvalue weighted by Gasteiger charge is -2.14. The zero-order valence-corrected chi connectivity index (χ0v) is 10.6. The topological polar surface area (TPSA) is 53.2 Å². The highest BCUT2D eigenvalue weighted by Gasteiger charge is 2.17. The summed E-state index contributed by atoms with van der Waals surface area (Å²) < 4.78 is 32.5. The predicted molar refractivity (Wildman–Crippen MR) is 68.2 cm³/mol. The minimum absolute atomic E-state index is 0.0278. The summed E-state index contributed by atoms with van der Waals surface area (Å²) in [6, 6.07) is 9.64. The molecule has 5 heteroatoms. The van der Waals surface area contributed by atoms with Crippen LogP contribution in [0, 0.1) is 23.0 Å². The maximum atomic E-state index is 13.7. The van der Waals surface area contributed by atoms with Gasteiger partial charge in [0.2, 0.25) is 0 Å². The molecule has 1 N–H and O–H groups in total. The highest BCUT2D eigenvalue weighted by atomic mass is 19.1. The SMILES string of the molecule is C[C@H](O)c1c(F)cccc1Oc1cccc(F)c1C#N. The summed E-state index contributed by atoms with van der Waals surface area (Å²) in [7, 11) is 0. The van der Waals surface area contributed by atoms with Crippen LogP contribution in [0.3, 0.4) is 0 Å². The fraction of sp³-hybridized carbons (Fsp3) is 0.133. The first-order valence-corrected chi connectivity index (χ1v) is 5.87. The fourth-order valence-electron chi connectivity index (χ4n) is 1.83. The molecule has 0 aliphatic rings. The minimum Gasteiger partial charge on any atom is -0.455 e. The van der Waals surface area contributed by atoms with Gasteiger partial charge in [-0.3, -0.25) is 0 Å². The monoisotopic (exact) mass is 275 g/mol. The van der Waals surface area contributed by atoms with E-state index >= 15 is 0 Å². The number of hydrogen-bond acceptors (Lipinski definition) is 3. The molecule has 0 unspecified atom stereocenters. The molecular formula is C15H11F2NO2. The molecule has 1 atom stereocenters. The van der Waals surface area contributed by atoms with E-state index in [4.69, 9.17) is 10.00 Å². The van der Waals surface area contributed by atoms with Crippen molar-refractivity contribution in [3.63, 3.8) is 0 Å². The quantitative estimate of drug-likeness (QED) is 0.929. The van der Waals surface area contributed by atoms with E-state index in [2.05, 4.69) is 0 Å². The Labute approximate surface area is 114 Å². The van der Waals surface area contributed by atoms with Gasteiger partial charge in [-0.2, -0.15) is 5.26 Å². The number of hydrogen-bond donors (Lipinski definition) is 1. The normalized spacial score (nSPS) is 11.8. The molecule has 102 valence electrons. The molecule has 2 aromatic rings. The van der Waals surface area contributed by atoms with E-state index < -0.39 is 17.7 Å². The first-order chi connectivity index (χ1) is 9.54. The van der Waals surface area contributed by atoms with Crippen molar-refractivity contribution >= 4 is 0 Å². The molecule has 2 aromatic carbocycles. The molecule has 2 rings (SSSR count).